The Bertz CT molecular complexity index is 504. The molecular formula is C13H19N5. The summed E-state index contributed by atoms with van der Waals surface area (Å²) >= 11 is 0. The number of nitrogens with one attached hydrogen (secondary N) is 1. The molecule has 5 nitrogen and oxygen atoms in total. The molecular weight excluding hydrogens is 226 g/mol. The summed E-state index contributed by atoms with van der Waals surface area (Å²) < 4.78 is 1.93. The maximum Gasteiger partial charge on any atom is 0.146 e. The zero-order valence-corrected chi connectivity index (χ0v) is 11.1. The van der Waals surface area contributed by atoms with Gasteiger partial charge in [0.15, 0.2) is 0 Å². The van der Waals surface area contributed by atoms with Crippen LogP contribution in [0, 0.1) is 6.92 Å². The second-order valence-corrected chi connectivity index (χ2v) is 4.19. The molecule has 0 spiro atoms. The highest BCUT2D eigenvalue weighted by Gasteiger charge is 2.11. The van der Waals surface area contributed by atoms with Crippen LogP contribution in [0.25, 0.3) is 5.82 Å². The lowest BCUT2D eigenvalue weighted by atomic mass is 10.2. The minimum absolute atomic E-state index is 0.854. The van der Waals surface area contributed by atoms with Gasteiger partial charge in [0.25, 0.3) is 0 Å². The first-order chi connectivity index (χ1) is 8.76. The molecule has 0 saturated heterocycles. The van der Waals surface area contributed by atoms with Gasteiger partial charge in [-0.1, -0.05) is 6.92 Å². The van der Waals surface area contributed by atoms with E-state index in [1.54, 1.807) is 12.5 Å². The van der Waals surface area contributed by atoms with Crippen molar-refractivity contribution < 1.29 is 0 Å². The Labute approximate surface area is 107 Å². The molecule has 2 aromatic heterocycles. The molecule has 96 valence electrons. The molecule has 0 aliphatic carbocycles. The Morgan fingerprint density at radius 2 is 2.11 bits per heavy atom. The summed E-state index contributed by atoms with van der Waals surface area (Å²) in [4.78, 5) is 13.3. The van der Waals surface area contributed by atoms with Crippen molar-refractivity contribution in [2.75, 3.05) is 11.9 Å². The number of hydrogen-bond donors (Lipinski definition) is 1. The number of aromatic nitrogens is 4. The number of nitrogens with zero attached hydrogens (tertiary/aromatic N) is 4. The van der Waals surface area contributed by atoms with Crippen molar-refractivity contribution in [2.24, 2.45) is 0 Å². The number of imidazole rings is 1. The number of rotatable bonds is 5. The highest BCUT2D eigenvalue weighted by molar-refractivity contribution is 5.51. The largest absolute Gasteiger partial charge is 0.370 e. The van der Waals surface area contributed by atoms with Gasteiger partial charge in [-0.25, -0.2) is 15.0 Å². The topological polar surface area (TPSA) is 55.6 Å². The molecule has 0 amide bonds. The standard InChI is InChI=1S/C13H19N5/c1-4-6-11-16-12(15-5-2)10(3)13(17-11)18-8-7-14-9-18/h7-9H,4-6H2,1-3H3,(H,15,16,17). The van der Waals surface area contributed by atoms with Crippen molar-refractivity contribution in [1.29, 1.82) is 0 Å². The average Bonchev–Trinajstić information content (AvgIpc) is 2.87. The fourth-order valence-electron chi connectivity index (χ4n) is 1.86. The van der Waals surface area contributed by atoms with Crippen molar-refractivity contribution in [2.45, 2.75) is 33.6 Å². The predicted octanol–water partition coefficient (Wildman–Crippen LogP) is 2.36. The second-order valence-electron chi connectivity index (χ2n) is 4.19. The molecule has 2 aromatic rings. The van der Waals surface area contributed by atoms with Crippen molar-refractivity contribution in [3.63, 3.8) is 0 Å². The number of hydrogen-bond acceptors (Lipinski definition) is 4. The Balaban J connectivity index is 2.49. The lowest BCUT2D eigenvalue weighted by Gasteiger charge is -2.13. The summed E-state index contributed by atoms with van der Waals surface area (Å²) in [6, 6.07) is 0. The third-order valence-electron chi connectivity index (χ3n) is 2.73. The molecule has 0 bridgehead atoms. The van der Waals surface area contributed by atoms with Gasteiger partial charge in [0, 0.05) is 30.9 Å². The molecule has 1 N–H and O–H groups in total. The lowest BCUT2D eigenvalue weighted by Crippen LogP contribution is -2.10. The quantitative estimate of drug-likeness (QED) is 0.878. The molecule has 5 heteroatoms. The van der Waals surface area contributed by atoms with Gasteiger partial charge in [-0.05, 0) is 20.3 Å². The Morgan fingerprint density at radius 3 is 2.72 bits per heavy atom. The maximum atomic E-state index is 4.62. The summed E-state index contributed by atoms with van der Waals surface area (Å²) in [5.41, 5.74) is 1.05. The van der Waals surface area contributed by atoms with E-state index in [0.717, 1.165) is 42.4 Å². The second kappa shape index (κ2) is 5.62. The van der Waals surface area contributed by atoms with E-state index < -0.39 is 0 Å². The summed E-state index contributed by atoms with van der Waals surface area (Å²) in [7, 11) is 0. The van der Waals surface area contributed by atoms with E-state index in [1.807, 2.05) is 17.7 Å². The van der Waals surface area contributed by atoms with E-state index in [1.165, 1.54) is 0 Å². The summed E-state index contributed by atoms with van der Waals surface area (Å²) in [6.45, 7) is 7.08. The van der Waals surface area contributed by atoms with Crippen LogP contribution in [0.1, 0.15) is 31.7 Å². The van der Waals surface area contributed by atoms with Crippen LogP contribution < -0.4 is 5.32 Å². The number of aryl methyl sites for hydroxylation is 1. The van der Waals surface area contributed by atoms with Crippen molar-refractivity contribution >= 4 is 5.82 Å². The number of anilines is 1. The molecule has 0 aromatic carbocycles. The maximum absolute atomic E-state index is 4.62. The molecule has 2 rings (SSSR count). The van der Waals surface area contributed by atoms with Gasteiger partial charge in [0.05, 0.1) is 0 Å². The van der Waals surface area contributed by atoms with Gasteiger partial charge in [-0.3, -0.25) is 4.57 Å². The van der Waals surface area contributed by atoms with Crippen LogP contribution in [0.5, 0.6) is 0 Å². The molecule has 0 unspecified atom stereocenters. The first-order valence-electron chi connectivity index (χ1n) is 6.36. The third-order valence-corrected chi connectivity index (χ3v) is 2.73. The Morgan fingerprint density at radius 1 is 1.28 bits per heavy atom. The van der Waals surface area contributed by atoms with Crippen molar-refractivity contribution in [3.8, 4) is 5.82 Å². The van der Waals surface area contributed by atoms with E-state index in [9.17, 15) is 0 Å². The van der Waals surface area contributed by atoms with Crippen LogP contribution in [-0.2, 0) is 6.42 Å². The molecule has 0 aliphatic heterocycles. The van der Waals surface area contributed by atoms with Crippen LogP contribution in [0.15, 0.2) is 18.7 Å². The summed E-state index contributed by atoms with van der Waals surface area (Å²) in [5, 5.41) is 3.29. The normalized spacial score (nSPS) is 10.6. The van der Waals surface area contributed by atoms with Gasteiger partial charge >= 0.3 is 0 Å². The van der Waals surface area contributed by atoms with Crippen molar-refractivity contribution in [3.05, 3.63) is 30.1 Å². The van der Waals surface area contributed by atoms with Crippen LogP contribution in [0.4, 0.5) is 5.82 Å². The molecule has 0 fully saturated rings. The fraction of sp³-hybridized carbons (Fsp3) is 0.462. The van der Waals surface area contributed by atoms with Crippen molar-refractivity contribution in [1.82, 2.24) is 19.5 Å². The average molecular weight is 245 g/mol. The van der Waals surface area contributed by atoms with Crippen LogP contribution in [0.3, 0.4) is 0 Å². The van der Waals surface area contributed by atoms with Gasteiger partial charge in [-0.15, -0.1) is 0 Å². The van der Waals surface area contributed by atoms with Crippen LogP contribution >= 0.6 is 0 Å². The van der Waals surface area contributed by atoms with Crippen LogP contribution in [-0.4, -0.2) is 26.1 Å². The van der Waals surface area contributed by atoms with Gasteiger partial charge in [-0.2, -0.15) is 0 Å². The van der Waals surface area contributed by atoms with E-state index in [0.29, 0.717) is 0 Å². The molecule has 18 heavy (non-hydrogen) atoms. The monoisotopic (exact) mass is 245 g/mol. The highest BCUT2D eigenvalue weighted by atomic mass is 15.1. The van der Waals surface area contributed by atoms with Crippen LogP contribution in [0.2, 0.25) is 0 Å². The van der Waals surface area contributed by atoms with E-state index in [-0.39, 0.29) is 0 Å². The zero-order valence-electron chi connectivity index (χ0n) is 11.1. The van der Waals surface area contributed by atoms with Gasteiger partial charge in [0.2, 0.25) is 0 Å². The zero-order chi connectivity index (χ0) is 13.0. The molecule has 0 saturated carbocycles. The minimum Gasteiger partial charge on any atom is -0.370 e. The molecule has 0 atom stereocenters. The summed E-state index contributed by atoms with van der Waals surface area (Å²) in [5.74, 6) is 2.70. The molecule has 0 aliphatic rings. The smallest absolute Gasteiger partial charge is 0.146 e. The van der Waals surface area contributed by atoms with E-state index >= 15 is 0 Å². The van der Waals surface area contributed by atoms with E-state index in [4.69, 9.17) is 0 Å². The molecule has 2 heterocycles. The first-order valence-corrected chi connectivity index (χ1v) is 6.36. The predicted molar refractivity (Wildman–Crippen MR) is 72.0 cm³/mol. The van der Waals surface area contributed by atoms with Gasteiger partial charge < -0.3 is 5.32 Å². The Kier molecular flexibility index (Phi) is 3.92. The van der Waals surface area contributed by atoms with E-state index in [2.05, 4.69) is 34.1 Å². The Hall–Kier alpha value is -1.91. The fourth-order valence-corrected chi connectivity index (χ4v) is 1.86. The SMILES string of the molecule is CCCc1nc(NCC)c(C)c(-n2ccnc2)n1. The molecule has 0 radical (unpaired) electrons. The summed E-state index contributed by atoms with van der Waals surface area (Å²) in [6.07, 6.45) is 7.36. The highest BCUT2D eigenvalue weighted by Crippen LogP contribution is 2.19. The first kappa shape index (κ1) is 12.5. The van der Waals surface area contributed by atoms with Gasteiger partial charge in [0.1, 0.15) is 23.8 Å². The lowest BCUT2D eigenvalue weighted by molar-refractivity contribution is 0.810. The minimum atomic E-state index is 0.854. The third kappa shape index (κ3) is 2.50.